The molecule has 1 aromatic carbocycles. The molecule has 1 aliphatic carbocycles. The van der Waals surface area contributed by atoms with Crippen LogP contribution in [0.15, 0.2) is 24.3 Å². The van der Waals surface area contributed by atoms with E-state index in [-0.39, 0.29) is 17.8 Å². The Labute approximate surface area is 153 Å². The van der Waals surface area contributed by atoms with E-state index in [1.54, 1.807) is 4.90 Å². The number of hydrogen-bond donors (Lipinski definition) is 1. The smallest absolute Gasteiger partial charge is 0.325 e. The van der Waals surface area contributed by atoms with E-state index < -0.39 is 5.54 Å². The van der Waals surface area contributed by atoms with E-state index in [4.69, 9.17) is 0 Å². The fourth-order valence-corrected chi connectivity index (χ4v) is 4.86. The summed E-state index contributed by atoms with van der Waals surface area (Å²) < 4.78 is 0. The first kappa shape index (κ1) is 17.1. The van der Waals surface area contributed by atoms with Crippen LogP contribution in [-0.2, 0) is 16.0 Å². The number of carbonyl (C=O) groups is 3. The van der Waals surface area contributed by atoms with Crippen molar-refractivity contribution < 1.29 is 14.4 Å². The number of amides is 4. The molecule has 4 rings (SSSR count). The van der Waals surface area contributed by atoms with E-state index in [0.29, 0.717) is 44.8 Å². The summed E-state index contributed by atoms with van der Waals surface area (Å²) in [6.45, 7) is 3.45. The lowest BCUT2D eigenvalue weighted by Gasteiger charge is -2.42. The summed E-state index contributed by atoms with van der Waals surface area (Å²) in [5.41, 5.74) is 1.91. The highest BCUT2D eigenvalue weighted by atomic mass is 16.2. The maximum absolute atomic E-state index is 12.8. The van der Waals surface area contributed by atoms with E-state index in [1.807, 2.05) is 17.9 Å². The molecule has 0 bridgehead atoms. The van der Waals surface area contributed by atoms with Crippen molar-refractivity contribution in [3.05, 3.63) is 35.4 Å². The molecule has 138 valence electrons. The van der Waals surface area contributed by atoms with Crippen LogP contribution in [0.1, 0.15) is 49.7 Å². The first-order chi connectivity index (χ1) is 12.5. The lowest BCUT2D eigenvalue weighted by Crippen LogP contribution is -2.57. The second kappa shape index (κ2) is 6.41. The van der Waals surface area contributed by atoms with Crippen molar-refractivity contribution in [3.63, 3.8) is 0 Å². The van der Waals surface area contributed by atoms with Crippen molar-refractivity contribution >= 4 is 17.8 Å². The molecule has 6 heteroatoms. The summed E-state index contributed by atoms with van der Waals surface area (Å²) in [4.78, 5) is 40.6. The number of fused-ring (bicyclic) bond motifs is 1. The van der Waals surface area contributed by atoms with Gasteiger partial charge >= 0.3 is 6.03 Å². The number of piperidine rings is 1. The van der Waals surface area contributed by atoms with Crippen molar-refractivity contribution in [1.29, 1.82) is 0 Å². The van der Waals surface area contributed by atoms with Crippen molar-refractivity contribution in [3.8, 4) is 0 Å². The molecule has 0 saturated carbocycles. The van der Waals surface area contributed by atoms with E-state index >= 15 is 0 Å². The molecule has 26 heavy (non-hydrogen) atoms. The second-order valence-electron chi connectivity index (χ2n) is 7.55. The highest BCUT2D eigenvalue weighted by Crippen LogP contribution is 2.37. The number of likely N-dealkylation sites (N-methyl/N-ethyl adjacent to an activating group) is 1. The average molecular weight is 355 g/mol. The van der Waals surface area contributed by atoms with Crippen LogP contribution in [0.3, 0.4) is 0 Å². The molecule has 6 nitrogen and oxygen atoms in total. The summed E-state index contributed by atoms with van der Waals surface area (Å²) in [6.07, 6.45) is 3.65. The topological polar surface area (TPSA) is 69.7 Å². The number of nitrogens with one attached hydrogen (secondary N) is 1. The van der Waals surface area contributed by atoms with Crippen LogP contribution in [0.5, 0.6) is 0 Å². The minimum Gasteiger partial charge on any atom is -0.342 e. The SMILES string of the molecule is CCN1C(=O)NC(=O)C12CCN(C(=O)C[C@H]1CCc3ccccc31)CC2. The number of hydrogen-bond acceptors (Lipinski definition) is 3. The number of urea groups is 1. The van der Waals surface area contributed by atoms with Gasteiger partial charge in [-0.15, -0.1) is 0 Å². The van der Waals surface area contributed by atoms with Crippen LogP contribution in [0.2, 0.25) is 0 Å². The summed E-state index contributed by atoms with van der Waals surface area (Å²) in [6, 6.07) is 8.08. The standard InChI is InChI=1S/C20H25N3O3/c1-2-23-19(26)21-18(25)20(23)9-11-22(12-10-20)17(24)13-15-8-7-14-5-3-4-6-16(14)15/h3-6,15H,2,7-13H2,1H3,(H,21,25,26)/t15-/m1/s1. The van der Waals surface area contributed by atoms with Gasteiger partial charge in [0.2, 0.25) is 5.91 Å². The maximum Gasteiger partial charge on any atom is 0.325 e. The predicted molar refractivity (Wildman–Crippen MR) is 96.6 cm³/mol. The van der Waals surface area contributed by atoms with E-state index in [2.05, 4.69) is 23.5 Å². The average Bonchev–Trinajstić information content (AvgIpc) is 3.15. The largest absolute Gasteiger partial charge is 0.342 e. The highest BCUT2D eigenvalue weighted by molar-refractivity contribution is 6.07. The van der Waals surface area contributed by atoms with Gasteiger partial charge in [-0.25, -0.2) is 4.79 Å². The van der Waals surface area contributed by atoms with Gasteiger partial charge in [-0.2, -0.15) is 0 Å². The molecule has 2 heterocycles. The van der Waals surface area contributed by atoms with Crippen LogP contribution in [0, 0.1) is 0 Å². The molecule has 4 amide bonds. The van der Waals surface area contributed by atoms with Gasteiger partial charge < -0.3 is 9.80 Å². The van der Waals surface area contributed by atoms with Crippen LogP contribution in [0.4, 0.5) is 4.79 Å². The van der Waals surface area contributed by atoms with Crippen molar-refractivity contribution in [2.75, 3.05) is 19.6 Å². The molecule has 0 aromatic heterocycles. The Morgan fingerprint density at radius 2 is 1.96 bits per heavy atom. The first-order valence-corrected chi connectivity index (χ1v) is 9.54. The van der Waals surface area contributed by atoms with Gasteiger partial charge in [0.25, 0.3) is 5.91 Å². The molecule has 2 aliphatic heterocycles. The summed E-state index contributed by atoms with van der Waals surface area (Å²) >= 11 is 0. The predicted octanol–water partition coefficient (Wildman–Crippen LogP) is 2.04. The molecule has 1 aromatic rings. The highest BCUT2D eigenvalue weighted by Gasteiger charge is 2.53. The van der Waals surface area contributed by atoms with Crippen LogP contribution in [0.25, 0.3) is 0 Å². The van der Waals surface area contributed by atoms with Gasteiger partial charge in [-0.1, -0.05) is 24.3 Å². The number of nitrogens with zero attached hydrogens (tertiary/aromatic N) is 2. The third kappa shape index (κ3) is 2.59. The minimum atomic E-state index is -0.761. The number of carbonyl (C=O) groups excluding carboxylic acids is 3. The number of benzene rings is 1. The van der Waals surface area contributed by atoms with Crippen LogP contribution in [-0.4, -0.2) is 52.8 Å². The lowest BCUT2D eigenvalue weighted by molar-refractivity contribution is -0.138. The number of likely N-dealkylation sites (tertiary alicyclic amines) is 1. The Balaban J connectivity index is 1.40. The second-order valence-corrected chi connectivity index (χ2v) is 7.55. The molecule has 1 spiro atoms. The minimum absolute atomic E-state index is 0.161. The molecular formula is C20H25N3O3. The van der Waals surface area contributed by atoms with Gasteiger partial charge in [-0.3, -0.25) is 14.9 Å². The third-order valence-electron chi connectivity index (χ3n) is 6.34. The zero-order valence-electron chi connectivity index (χ0n) is 15.2. The molecule has 1 N–H and O–H groups in total. The quantitative estimate of drug-likeness (QED) is 0.844. The van der Waals surface area contributed by atoms with Gasteiger partial charge in [0.1, 0.15) is 5.54 Å². The Hall–Kier alpha value is -2.37. The van der Waals surface area contributed by atoms with Crippen molar-refractivity contribution in [1.82, 2.24) is 15.1 Å². The summed E-state index contributed by atoms with van der Waals surface area (Å²) in [5.74, 6) is 0.258. The zero-order valence-corrected chi connectivity index (χ0v) is 15.2. The normalized spacial score (nSPS) is 24.1. The maximum atomic E-state index is 12.8. The van der Waals surface area contributed by atoms with Gasteiger partial charge in [0.05, 0.1) is 0 Å². The molecular weight excluding hydrogens is 330 g/mol. The number of aryl methyl sites for hydroxylation is 1. The number of imide groups is 1. The van der Waals surface area contributed by atoms with Gasteiger partial charge in [0, 0.05) is 26.1 Å². The Morgan fingerprint density at radius 1 is 1.23 bits per heavy atom. The van der Waals surface area contributed by atoms with E-state index in [9.17, 15) is 14.4 Å². The van der Waals surface area contributed by atoms with Gasteiger partial charge in [-0.05, 0) is 49.7 Å². The molecule has 3 aliphatic rings. The monoisotopic (exact) mass is 355 g/mol. The van der Waals surface area contributed by atoms with Gasteiger partial charge in [0.15, 0.2) is 0 Å². The fraction of sp³-hybridized carbons (Fsp3) is 0.550. The number of rotatable bonds is 3. The molecule has 0 unspecified atom stereocenters. The van der Waals surface area contributed by atoms with Crippen LogP contribution < -0.4 is 5.32 Å². The van der Waals surface area contributed by atoms with Crippen molar-refractivity contribution in [2.45, 2.75) is 50.5 Å². The molecule has 2 fully saturated rings. The van der Waals surface area contributed by atoms with E-state index in [0.717, 1.165) is 12.8 Å². The Kier molecular flexibility index (Phi) is 4.21. The molecule has 0 radical (unpaired) electrons. The van der Waals surface area contributed by atoms with Crippen molar-refractivity contribution in [2.24, 2.45) is 0 Å². The molecule has 2 saturated heterocycles. The third-order valence-corrected chi connectivity index (χ3v) is 6.34. The zero-order chi connectivity index (χ0) is 18.3. The lowest BCUT2D eigenvalue weighted by atomic mass is 9.85. The van der Waals surface area contributed by atoms with Crippen LogP contribution >= 0.6 is 0 Å². The Bertz CT molecular complexity index is 752. The van der Waals surface area contributed by atoms with E-state index in [1.165, 1.54) is 11.1 Å². The summed E-state index contributed by atoms with van der Waals surface area (Å²) in [7, 11) is 0. The molecule has 1 atom stereocenters. The summed E-state index contributed by atoms with van der Waals surface area (Å²) in [5, 5.41) is 2.44. The fourth-order valence-electron chi connectivity index (χ4n) is 4.86. The first-order valence-electron chi connectivity index (χ1n) is 9.54. The Morgan fingerprint density at radius 3 is 2.69 bits per heavy atom.